The summed E-state index contributed by atoms with van der Waals surface area (Å²) < 4.78 is 10.1. The summed E-state index contributed by atoms with van der Waals surface area (Å²) in [5.41, 5.74) is 6.74. The average molecular weight is 366 g/mol. The number of nitrogens with two attached hydrogens (primary N) is 1. The first-order valence-electron chi connectivity index (χ1n) is 7.37. The Labute approximate surface area is 148 Å². The Morgan fingerprint density at radius 2 is 1.92 bits per heavy atom. The van der Waals surface area contributed by atoms with E-state index >= 15 is 0 Å². The van der Waals surface area contributed by atoms with Crippen LogP contribution < -0.4 is 5.73 Å². The van der Waals surface area contributed by atoms with Gasteiger partial charge in [-0.2, -0.15) is 0 Å². The summed E-state index contributed by atoms with van der Waals surface area (Å²) in [7, 11) is 0. The van der Waals surface area contributed by atoms with Crippen LogP contribution in [0.5, 0.6) is 0 Å². The molecule has 0 atom stereocenters. The Morgan fingerprint density at radius 3 is 2.54 bits per heavy atom. The number of aromatic nitrogens is 1. The molecule has 2 heterocycles. The number of carbonyl (C=O) groups is 2. The number of carbonyl (C=O) groups excluding carboxylic acids is 2. The molecule has 0 spiro atoms. The number of thioether (sulfide) groups is 1. The molecule has 0 bridgehead atoms. The average Bonchev–Trinajstić information content (AvgIpc) is 2.91. The third-order valence-corrected chi connectivity index (χ3v) is 4.99. The lowest BCUT2D eigenvalue weighted by Gasteiger charge is -2.07. The van der Waals surface area contributed by atoms with E-state index in [0.717, 1.165) is 16.4 Å². The first-order chi connectivity index (χ1) is 11.6. The predicted molar refractivity (Wildman–Crippen MR) is 94.4 cm³/mol. The third-order valence-electron chi connectivity index (χ3n) is 2.98. The highest BCUT2D eigenvalue weighted by molar-refractivity contribution is 7.98. The van der Waals surface area contributed by atoms with Gasteiger partial charge in [-0.05, 0) is 26.0 Å². The van der Waals surface area contributed by atoms with Crippen molar-refractivity contribution >= 4 is 40.0 Å². The van der Waals surface area contributed by atoms with Crippen LogP contribution in [0.25, 0.3) is 0 Å². The van der Waals surface area contributed by atoms with Gasteiger partial charge in [-0.1, -0.05) is 6.07 Å². The number of esters is 2. The van der Waals surface area contributed by atoms with Gasteiger partial charge in [0.25, 0.3) is 0 Å². The van der Waals surface area contributed by atoms with E-state index in [1.165, 1.54) is 11.8 Å². The third kappa shape index (κ3) is 4.27. The van der Waals surface area contributed by atoms with Crippen molar-refractivity contribution < 1.29 is 19.1 Å². The van der Waals surface area contributed by atoms with Gasteiger partial charge in [0.1, 0.15) is 9.88 Å². The summed E-state index contributed by atoms with van der Waals surface area (Å²) in [5, 5.41) is 1.04. The summed E-state index contributed by atoms with van der Waals surface area (Å²) in [6.07, 6.45) is 1.68. The van der Waals surface area contributed by atoms with Crippen LogP contribution in [0.1, 0.15) is 39.4 Å². The standard InChI is InChI=1S/C16H18N2O4S2/c1-3-21-15(19)12-10(9-23-11-7-5-6-8-18-11)13(24-14(12)17)16(20)22-4-2/h5-8H,3-4,9,17H2,1-2H3. The van der Waals surface area contributed by atoms with Gasteiger partial charge in [0.15, 0.2) is 0 Å². The Balaban J connectivity index is 2.36. The zero-order valence-corrected chi connectivity index (χ0v) is 15.0. The molecule has 0 saturated carbocycles. The molecule has 2 rings (SSSR count). The smallest absolute Gasteiger partial charge is 0.348 e. The van der Waals surface area contributed by atoms with Gasteiger partial charge >= 0.3 is 11.9 Å². The highest BCUT2D eigenvalue weighted by atomic mass is 32.2. The molecule has 0 aromatic carbocycles. The van der Waals surface area contributed by atoms with Crippen LogP contribution in [0.3, 0.4) is 0 Å². The molecular formula is C16H18N2O4S2. The molecule has 0 saturated heterocycles. The SMILES string of the molecule is CCOC(=O)c1sc(N)c(C(=O)OCC)c1CSc1ccccn1. The maximum atomic E-state index is 12.2. The van der Waals surface area contributed by atoms with Crippen LogP contribution in [0, 0.1) is 0 Å². The topological polar surface area (TPSA) is 91.5 Å². The first-order valence-corrected chi connectivity index (χ1v) is 9.17. The molecule has 2 aromatic rings. The molecule has 0 aliphatic carbocycles. The number of ether oxygens (including phenoxy) is 2. The molecule has 2 N–H and O–H groups in total. The Bertz CT molecular complexity index is 716. The zero-order valence-electron chi connectivity index (χ0n) is 13.4. The molecule has 24 heavy (non-hydrogen) atoms. The quantitative estimate of drug-likeness (QED) is 0.593. The lowest BCUT2D eigenvalue weighted by atomic mass is 10.1. The number of pyridine rings is 1. The molecule has 128 valence electrons. The fourth-order valence-corrected chi connectivity index (χ4v) is 3.94. The van der Waals surface area contributed by atoms with E-state index in [4.69, 9.17) is 15.2 Å². The molecule has 6 nitrogen and oxygen atoms in total. The molecule has 0 radical (unpaired) electrons. The van der Waals surface area contributed by atoms with Crippen molar-refractivity contribution in [3.05, 3.63) is 40.4 Å². The van der Waals surface area contributed by atoms with E-state index in [2.05, 4.69) is 4.98 Å². The van der Waals surface area contributed by atoms with Crippen LogP contribution in [0.4, 0.5) is 5.00 Å². The second-order valence-electron chi connectivity index (χ2n) is 4.55. The maximum absolute atomic E-state index is 12.2. The van der Waals surface area contributed by atoms with Crippen molar-refractivity contribution in [2.45, 2.75) is 24.6 Å². The van der Waals surface area contributed by atoms with Gasteiger partial charge in [-0.15, -0.1) is 23.1 Å². The van der Waals surface area contributed by atoms with Gasteiger partial charge in [0, 0.05) is 17.5 Å². The predicted octanol–water partition coefficient (Wildman–Crippen LogP) is 3.37. The van der Waals surface area contributed by atoms with Gasteiger partial charge in [0.05, 0.1) is 23.8 Å². The van der Waals surface area contributed by atoms with Gasteiger partial charge in [-0.25, -0.2) is 14.6 Å². The monoisotopic (exact) mass is 366 g/mol. The second-order valence-corrected chi connectivity index (χ2v) is 6.59. The number of anilines is 1. The fraction of sp³-hybridized carbons (Fsp3) is 0.312. The maximum Gasteiger partial charge on any atom is 0.348 e. The van der Waals surface area contributed by atoms with Gasteiger partial charge < -0.3 is 15.2 Å². The van der Waals surface area contributed by atoms with E-state index < -0.39 is 11.9 Å². The molecule has 8 heteroatoms. The molecular weight excluding hydrogens is 348 g/mol. The number of hydrogen-bond donors (Lipinski definition) is 1. The van der Waals surface area contributed by atoms with Crippen molar-refractivity contribution in [2.24, 2.45) is 0 Å². The molecule has 0 aliphatic heterocycles. The summed E-state index contributed by atoms with van der Waals surface area (Å²) in [6.45, 7) is 3.92. The Hall–Kier alpha value is -2.06. The Morgan fingerprint density at radius 1 is 1.21 bits per heavy atom. The minimum atomic E-state index is -0.529. The second kappa shape index (κ2) is 8.70. The molecule has 2 aromatic heterocycles. The molecule has 0 unspecified atom stereocenters. The minimum Gasteiger partial charge on any atom is -0.462 e. The van der Waals surface area contributed by atoms with Crippen molar-refractivity contribution in [1.82, 2.24) is 4.98 Å². The van der Waals surface area contributed by atoms with Crippen molar-refractivity contribution in [3.63, 3.8) is 0 Å². The molecule has 0 aliphatic rings. The Kier molecular flexibility index (Phi) is 6.62. The van der Waals surface area contributed by atoms with Gasteiger partial charge in [0.2, 0.25) is 0 Å². The highest BCUT2D eigenvalue weighted by Gasteiger charge is 2.27. The van der Waals surface area contributed by atoms with Crippen LogP contribution in [0.2, 0.25) is 0 Å². The van der Waals surface area contributed by atoms with Crippen molar-refractivity contribution in [2.75, 3.05) is 18.9 Å². The van der Waals surface area contributed by atoms with E-state index in [-0.39, 0.29) is 23.8 Å². The van der Waals surface area contributed by atoms with Crippen LogP contribution >= 0.6 is 23.1 Å². The highest BCUT2D eigenvalue weighted by Crippen LogP contribution is 2.36. The summed E-state index contributed by atoms with van der Waals surface area (Å²) in [5.74, 6) is -0.646. The van der Waals surface area contributed by atoms with E-state index in [1.54, 1.807) is 20.0 Å². The van der Waals surface area contributed by atoms with Crippen molar-refractivity contribution in [3.8, 4) is 0 Å². The van der Waals surface area contributed by atoms with Crippen molar-refractivity contribution in [1.29, 1.82) is 0 Å². The molecule has 0 fully saturated rings. The van der Waals surface area contributed by atoms with E-state index in [0.29, 0.717) is 16.2 Å². The van der Waals surface area contributed by atoms with E-state index in [9.17, 15) is 9.59 Å². The number of nitrogens with zero attached hydrogens (tertiary/aromatic N) is 1. The number of hydrogen-bond acceptors (Lipinski definition) is 8. The van der Waals surface area contributed by atoms with Crippen LogP contribution in [0.15, 0.2) is 29.4 Å². The number of thiophene rings is 1. The zero-order chi connectivity index (χ0) is 17.5. The fourth-order valence-electron chi connectivity index (χ4n) is 1.99. The number of nitrogen functional groups attached to an aromatic ring is 1. The lowest BCUT2D eigenvalue weighted by molar-refractivity contribution is 0.0527. The van der Waals surface area contributed by atoms with E-state index in [1.807, 2.05) is 18.2 Å². The van der Waals surface area contributed by atoms with Crippen LogP contribution in [-0.2, 0) is 15.2 Å². The molecule has 0 amide bonds. The minimum absolute atomic E-state index is 0.232. The van der Waals surface area contributed by atoms with Gasteiger partial charge in [-0.3, -0.25) is 0 Å². The van der Waals surface area contributed by atoms with Crippen LogP contribution in [-0.4, -0.2) is 30.1 Å². The first kappa shape index (κ1) is 18.3. The normalized spacial score (nSPS) is 10.4. The summed E-state index contributed by atoms with van der Waals surface area (Å²) >= 11 is 2.46. The summed E-state index contributed by atoms with van der Waals surface area (Å²) in [4.78, 5) is 29.0. The lowest BCUT2D eigenvalue weighted by Crippen LogP contribution is -2.11. The summed E-state index contributed by atoms with van der Waals surface area (Å²) in [6, 6.07) is 5.55. The largest absolute Gasteiger partial charge is 0.462 e. The number of rotatable bonds is 7.